The highest BCUT2D eigenvalue weighted by Gasteiger charge is 2.22. The second-order valence-electron chi connectivity index (χ2n) is 4.89. The molecule has 1 aromatic carbocycles. The number of likely N-dealkylation sites (N-methyl/N-ethyl adjacent to an activating group) is 2. The fourth-order valence-corrected chi connectivity index (χ4v) is 3.42. The van der Waals surface area contributed by atoms with E-state index in [4.69, 9.17) is 0 Å². The molecule has 0 unspecified atom stereocenters. The predicted molar refractivity (Wildman–Crippen MR) is 83.3 cm³/mol. The first kappa shape index (κ1) is 16.9. The zero-order chi connectivity index (χ0) is 15.2. The molecule has 1 aromatic rings. The zero-order valence-corrected chi connectivity index (χ0v) is 13.3. The quantitative estimate of drug-likeness (QED) is 0.747. The lowest BCUT2D eigenvalue weighted by Crippen LogP contribution is -2.32. The van der Waals surface area contributed by atoms with Crippen LogP contribution in [0.4, 0.5) is 0 Å². The van der Waals surface area contributed by atoms with Gasteiger partial charge in [0.25, 0.3) is 0 Å². The molecule has 0 saturated carbocycles. The predicted octanol–water partition coefficient (Wildman–Crippen LogP) is 2.04. The van der Waals surface area contributed by atoms with Crippen LogP contribution in [0, 0.1) is 0 Å². The molecule has 20 heavy (non-hydrogen) atoms. The maximum absolute atomic E-state index is 12.5. The molecule has 0 bridgehead atoms. The molecule has 0 atom stereocenters. The number of rotatable bonds is 8. The summed E-state index contributed by atoms with van der Waals surface area (Å²) in [6.07, 6.45) is 0.889. The Kier molecular flexibility index (Phi) is 6.39. The molecule has 1 rings (SSSR count). The zero-order valence-electron chi connectivity index (χ0n) is 12.5. The molecule has 0 saturated heterocycles. The van der Waals surface area contributed by atoms with Crippen LogP contribution in [-0.2, 0) is 16.4 Å². The monoisotopic (exact) mass is 296 g/mol. The van der Waals surface area contributed by atoms with Crippen LogP contribution in [0.25, 0.3) is 0 Å². The fraction of sp³-hybridized carbons (Fsp3) is 0.467. The minimum Gasteiger partial charge on any atom is -0.319 e. The number of nitrogens with one attached hydrogen (secondary N) is 1. The Hall–Kier alpha value is -1.17. The largest absolute Gasteiger partial charge is 0.319 e. The van der Waals surface area contributed by atoms with Crippen LogP contribution in [0.1, 0.15) is 19.4 Å². The third kappa shape index (κ3) is 4.44. The lowest BCUT2D eigenvalue weighted by Gasteiger charge is -2.20. The van der Waals surface area contributed by atoms with Gasteiger partial charge in [0, 0.05) is 13.1 Å². The molecule has 0 radical (unpaired) electrons. The van der Waals surface area contributed by atoms with Gasteiger partial charge < -0.3 is 5.32 Å². The molecule has 0 aliphatic carbocycles. The number of benzene rings is 1. The van der Waals surface area contributed by atoms with E-state index in [0.717, 1.165) is 24.1 Å². The van der Waals surface area contributed by atoms with Gasteiger partial charge in [-0.05, 0) is 44.6 Å². The molecule has 1 N–H and O–H groups in total. The Morgan fingerprint density at radius 2 is 1.90 bits per heavy atom. The Balaban J connectivity index is 2.94. The highest BCUT2D eigenvalue weighted by molar-refractivity contribution is 7.89. The molecule has 0 spiro atoms. The van der Waals surface area contributed by atoms with Crippen LogP contribution in [0.2, 0.25) is 0 Å². The van der Waals surface area contributed by atoms with Gasteiger partial charge in [0.05, 0.1) is 4.90 Å². The average molecular weight is 296 g/mol. The summed E-state index contributed by atoms with van der Waals surface area (Å²) in [5.74, 6) is 0. The van der Waals surface area contributed by atoms with Crippen molar-refractivity contribution in [1.82, 2.24) is 9.62 Å². The third-order valence-corrected chi connectivity index (χ3v) is 4.96. The van der Waals surface area contributed by atoms with Crippen LogP contribution in [0.5, 0.6) is 0 Å². The van der Waals surface area contributed by atoms with Crippen LogP contribution in [0.3, 0.4) is 0 Å². The van der Waals surface area contributed by atoms with E-state index in [1.165, 1.54) is 4.31 Å². The summed E-state index contributed by atoms with van der Waals surface area (Å²) in [4.78, 5) is 0.341. The molecule has 0 amide bonds. The number of nitrogens with zero attached hydrogens (tertiary/aromatic N) is 1. The normalized spacial score (nSPS) is 11.8. The summed E-state index contributed by atoms with van der Waals surface area (Å²) in [5, 5.41) is 3.07. The lowest BCUT2D eigenvalue weighted by molar-refractivity contribution is 0.453. The maximum Gasteiger partial charge on any atom is 0.243 e. The van der Waals surface area contributed by atoms with Crippen LogP contribution >= 0.6 is 0 Å². The topological polar surface area (TPSA) is 49.4 Å². The molecule has 0 heterocycles. The van der Waals surface area contributed by atoms with Gasteiger partial charge in [-0.25, -0.2) is 8.42 Å². The van der Waals surface area contributed by atoms with Gasteiger partial charge >= 0.3 is 0 Å². The van der Waals surface area contributed by atoms with Crippen molar-refractivity contribution >= 4 is 10.0 Å². The smallest absolute Gasteiger partial charge is 0.243 e. The Bertz CT molecular complexity index is 535. The van der Waals surface area contributed by atoms with Gasteiger partial charge in [-0.1, -0.05) is 31.2 Å². The molecule has 5 heteroatoms. The average Bonchev–Trinajstić information content (AvgIpc) is 2.42. The lowest BCUT2D eigenvalue weighted by atomic mass is 10.1. The van der Waals surface area contributed by atoms with Gasteiger partial charge in [0.15, 0.2) is 0 Å². The first-order valence-electron chi connectivity index (χ1n) is 6.80. The van der Waals surface area contributed by atoms with Crippen molar-refractivity contribution in [3.05, 3.63) is 42.0 Å². The van der Waals surface area contributed by atoms with E-state index < -0.39 is 10.0 Å². The van der Waals surface area contributed by atoms with E-state index in [1.54, 1.807) is 12.1 Å². The van der Waals surface area contributed by atoms with E-state index in [-0.39, 0.29) is 0 Å². The van der Waals surface area contributed by atoms with E-state index in [0.29, 0.717) is 18.0 Å². The Labute approximate surface area is 122 Å². The van der Waals surface area contributed by atoms with Crippen molar-refractivity contribution in [1.29, 1.82) is 0 Å². The van der Waals surface area contributed by atoms with Gasteiger partial charge in [-0.3, -0.25) is 0 Å². The molecule has 0 aliphatic heterocycles. The number of hydrogen-bond acceptors (Lipinski definition) is 3. The third-order valence-electron chi connectivity index (χ3n) is 3.02. The van der Waals surface area contributed by atoms with Crippen LogP contribution < -0.4 is 5.32 Å². The van der Waals surface area contributed by atoms with Crippen molar-refractivity contribution in [3.63, 3.8) is 0 Å². The molecule has 0 aliphatic rings. The summed E-state index contributed by atoms with van der Waals surface area (Å²) >= 11 is 0. The highest BCUT2D eigenvalue weighted by atomic mass is 32.2. The summed E-state index contributed by atoms with van der Waals surface area (Å²) in [7, 11) is -1.53. The van der Waals surface area contributed by atoms with Crippen molar-refractivity contribution < 1.29 is 8.42 Å². The van der Waals surface area contributed by atoms with Gasteiger partial charge in [0.2, 0.25) is 10.0 Å². The molecule has 112 valence electrons. The van der Waals surface area contributed by atoms with E-state index in [9.17, 15) is 8.42 Å². The first-order valence-corrected chi connectivity index (χ1v) is 8.24. The SMILES string of the molecule is C=C(C)CN(CC)S(=O)(=O)c1ccc(CCNC)cc1. The van der Waals surface area contributed by atoms with Crippen molar-refractivity contribution in [2.45, 2.75) is 25.2 Å². The van der Waals surface area contributed by atoms with Gasteiger partial charge in [-0.15, -0.1) is 0 Å². The summed E-state index contributed by atoms with van der Waals surface area (Å²) < 4.78 is 26.4. The van der Waals surface area contributed by atoms with Crippen molar-refractivity contribution in [2.75, 3.05) is 26.7 Å². The minimum atomic E-state index is -3.43. The standard InChI is InChI=1S/C15H24N2O2S/c1-5-17(12-13(2)3)20(18,19)15-8-6-14(7-9-15)10-11-16-4/h6-9,16H,2,5,10-12H2,1,3-4H3. The molecule has 0 aromatic heterocycles. The summed E-state index contributed by atoms with van der Waals surface area (Å²) in [6.45, 7) is 9.13. The van der Waals surface area contributed by atoms with Crippen LogP contribution in [-0.4, -0.2) is 39.4 Å². The Morgan fingerprint density at radius 1 is 1.30 bits per heavy atom. The molecule has 0 fully saturated rings. The van der Waals surface area contributed by atoms with E-state index in [1.807, 2.05) is 33.0 Å². The van der Waals surface area contributed by atoms with Crippen molar-refractivity contribution in [3.8, 4) is 0 Å². The minimum absolute atomic E-state index is 0.341. The maximum atomic E-state index is 12.5. The van der Waals surface area contributed by atoms with Crippen LogP contribution in [0.15, 0.2) is 41.3 Å². The molecular weight excluding hydrogens is 272 g/mol. The molecule has 4 nitrogen and oxygen atoms in total. The summed E-state index contributed by atoms with van der Waals surface area (Å²) in [6, 6.07) is 7.11. The Morgan fingerprint density at radius 3 is 2.35 bits per heavy atom. The number of sulfonamides is 1. The van der Waals surface area contributed by atoms with Gasteiger partial charge in [0.1, 0.15) is 0 Å². The van der Waals surface area contributed by atoms with E-state index in [2.05, 4.69) is 11.9 Å². The molecular formula is C15H24N2O2S. The second kappa shape index (κ2) is 7.57. The fourth-order valence-electron chi connectivity index (χ4n) is 1.91. The second-order valence-corrected chi connectivity index (χ2v) is 6.82. The van der Waals surface area contributed by atoms with Gasteiger partial charge in [-0.2, -0.15) is 4.31 Å². The highest BCUT2D eigenvalue weighted by Crippen LogP contribution is 2.17. The first-order chi connectivity index (χ1) is 9.41. The summed E-state index contributed by atoms with van der Waals surface area (Å²) in [5.41, 5.74) is 1.96. The number of hydrogen-bond donors (Lipinski definition) is 1. The van der Waals surface area contributed by atoms with Crippen molar-refractivity contribution in [2.24, 2.45) is 0 Å². The van der Waals surface area contributed by atoms with E-state index >= 15 is 0 Å².